The van der Waals surface area contributed by atoms with Crippen molar-refractivity contribution in [1.29, 1.82) is 0 Å². The fourth-order valence-corrected chi connectivity index (χ4v) is 4.54. The van der Waals surface area contributed by atoms with Gasteiger partial charge in [-0.2, -0.15) is 4.98 Å². The number of amides is 1. The fraction of sp³-hybridized carbons (Fsp3) is 0.308. The number of hydrogen-bond donors (Lipinski definition) is 2. The average Bonchev–Trinajstić information content (AvgIpc) is 3.54. The van der Waals surface area contributed by atoms with E-state index in [0.29, 0.717) is 23.7 Å². The lowest BCUT2D eigenvalue weighted by atomic mass is 10.1. The van der Waals surface area contributed by atoms with Gasteiger partial charge >= 0.3 is 0 Å². The van der Waals surface area contributed by atoms with Crippen LogP contribution in [-0.4, -0.2) is 39.2 Å². The monoisotopic (exact) mass is 508 g/mol. The topological polar surface area (TPSA) is 117 Å². The Morgan fingerprint density at radius 1 is 1.19 bits per heavy atom. The van der Waals surface area contributed by atoms with Gasteiger partial charge in [0.15, 0.2) is 5.65 Å². The second-order valence-corrected chi connectivity index (χ2v) is 8.98. The van der Waals surface area contributed by atoms with Gasteiger partial charge in [0, 0.05) is 42.2 Å². The molecule has 0 bridgehead atoms. The number of aromatic nitrogens is 4. The summed E-state index contributed by atoms with van der Waals surface area (Å²) in [6.07, 6.45) is 7.58. The Kier molecular flexibility index (Phi) is 6.85. The summed E-state index contributed by atoms with van der Waals surface area (Å²) in [5, 5.41) is 6.73. The van der Waals surface area contributed by atoms with Gasteiger partial charge in [-0.05, 0) is 42.5 Å². The van der Waals surface area contributed by atoms with E-state index in [4.69, 9.17) is 15.2 Å². The summed E-state index contributed by atoms with van der Waals surface area (Å²) >= 11 is 0. The zero-order chi connectivity index (χ0) is 25.9. The van der Waals surface area contributed by atoms with E-state index in [1.165, 1.54) is 11.6 Å². The third-order valence-electron chi connectivity index (χ3n) is 6.47. The van der Waals surface area contributed by atoms with Crippen molar-refractivity contribution in [2.24, 2.45) is 5.92 Å². The Hall–Kier alpha value is -4.28. The molecule has 3 aromatic heterocycles. The molecule has 1 aliphatic carbocycles. The molecule has 0 radical (unpaired) electrons. The second kappa shape index (κ2) is 10.4. The maximum absolute atomic E-state index is 14.7. The summed E-state index contributed by atoms with van der Waals surface area (Å²) in [5.41, 5.74) is 7.78. The van der Waals surface area contributed by atoms with E-state index in [1.54, 1.807) is 30.6 Å². The minimum Gasteiger partial charge on any atom is -0.493 e. The van der Waals surface area contributed by atoms with Gasteiger partial charge in [-0.3, -0.25) is 4.79 Å². The number of nitrogens with two attached hydrogens (primary N) is 1. The first-order valence-corrected chi connectivity index (χ1v) is 12.0. The van der Waals surface area contributed by atoms with Crippen molar-refractivity contribution in [2.75, 3.05) is 19.5 Å². The van der Waals surface area contributed by atoms with E-state index in [1.807, 2.05) is 0 Å². The number of nitrogens with zero attached hydrogens (tertiary/aromatic N) is 4. The van der Waals surface area contributed by atoms with Gasteiger partial charge in [0.1, 0.15) is 22.9 Å². The lowest BCUT2D eigenvalue weighted by molar-refractivity contribution is 0.0946. The van der Waals surface area contributed by atoms with Crippen molar-refractivity contribution in [2.45, 2.75) is 32.2 Å². The second-order valence-electron chi connectivity index (χ2n) is 8.98. The van der Waals surface area contributed by atoms with E-state index >= 15 is 0 Å². The molecule has 11 heteroatoms. The molecule has 0 spiro atoms. The maximum Gasteiger partial charge on any atom is 0.257 e. The van der Waals surface area contributed by atoms with Gasteiger partial charge in [0.25, 0.3) is 5.91 Å². The first-order valence-electron chi connectivity index (χ1n) is 12.0. The Bertz CT molecular complexity index is 1450. The van der Waals surface area contributed by atoms with Crippen molar-refractivity contribution < 1.29 is 23.0 Å². The van der Waals surface area contributed by atoms with Gasteiger partial charge < -0.3 is 20.5 Å². The number of ether oxygens (including phenoxy) is 2. The highest BCUT2D eigenvalue weighted by molar-refractivity contribution is 5.97. The highest BCUT2D eigenvalue weighted by atomic mass is 19.1. The Balaban J connectivity index is 1.37. The smallest absolute Gasteiger partial charge is 0.257 e. The lowest BCUT2D eigenvalue weighted by Gasteiger charge is -2.16. The van der Waals surface area contributed by atoms with Crippen LogP contribution in [0.25, 0.3) is 16.8 Å². The van der Waals surface area contributed by atoms with E-state index in [9.17, 15) is 13.6 Å². The summed E-state index contributed by atoms with van der Waals surface area (Å²) in [7, 11) is 1.40. The highest BCUT2D eigenvalue weighted by Gasteiger charge is 2.21. The molecular weight excluding hydrogens is 482 g/mol. The third kappa shape index (κ3) is 5.30. The van der Waals surface area contributed by atoms with Crippen LogP contribution in [-0.2, 0) is 6.54 Å². The van der Waals surface area contributed by atoms with Crippen molar-refractivity contribution >= 4 is 17.5 Å². The van der Waals surface area contributed by atoms with Crippen LogP contribution >= 0.6 is 0 Å². The SMILES string of the molecule is COc1ncc(-c2ccn3nc(N)nc3c2)cc1C(=O)NCc1c(F)cc(F)cc1OCC1CCCC1. The lowest BCUT2D eigenvalue weighted by Crippen LogP contribution is -2.25. The Labute approximate surface area is 211 Å². The standard InChI is InChI=1S/C26H26F2N6O3/c1-36-25-19(8-17(12-31-25)16-6-7-34-23(9-16)32-26(29)33-34)24(35)30-13-20-21(28)10-18(27)11-22(20)37-14-15-4-2-3-5-15/h6-12,15H,2-5,13-14H2,1H3,(H2,29,33)(H,30,35). The molecule has 0 aliphatic heterocycles. The molecule has 1 amide bonds. The summed E-state index contributed by atoms with van der Waals surface area (Å²) in [4.78, 5) is 21.5. The predicted octanol–water partition coefficient (Wildman–Crippen LogP) is 4.16. The first kappa shape index (κ1) is 24.4. The molecule has 1 saturated carbocycles. The quantitative estimate of drug-likeness (QED) is 0.367. The number of nitrogen functional groups attached to an aromatic ring is 1. The van der Waals surface area contributed by atoms with Gasteiger partial charge in [-0.1, -0.05) is 12.8 Å². The van der Waals surface area contributed by atoms with Crippen LogP contribution in [0.15, 0.2) is 42.7 Å². The number of pyridine rings is 2. The number of halogens is 2. The molecule has 1 aromatic carbocycles. The molecular formula is C26H26F2N6O3. The average molecular weight is 509 g/mol. The van der Waals surface area contributed by atoms with Crippen LogP contribution < -0.4 is 20.5 Å². The minimum absolute atomic E-state index is 0.0747. The molecule has 192 valence electrons. The van der Waals surface area contributed by atoms with Gasteiger partial charge in [-0.25, -0.2) is 18.3 Å². The van der Waals surface area contributed by atoms with Crippen molar-refractivity contribution in [3.63, 3.8) is 0 Å². The maximum atomic E-state index is 14.7. The number of fused-ring (bicyclic) bond motifs is 1. The van der Waals surface area contributed by atoms with Crippen LogP contribution in [0.5, 0.6) is 11.6 Å². The number of benzene rings is 1. The zero-order valence-electron chi connectivity index (χ0n) is 20.2. The normalized spacial score (nSPS) is 13.7. The summed E-state index contributed by atoms with van der Waals surface area (Å²) in [6, 6.07) is 7.09. The number of carbonyl (C=O) groups excluding carboxylic acids is 1. The van der Waals surface area contributed by atoms with Crippen molar-refractivity contribution in [1.82, 2.24) is 24.9 Å². The summed E-state index contributed by atoms with van der Waals surface area (Å²) in [5.74, 6) is -1.37. The largest absolute Gasteiger partial charge is 0.493 e. The van der Waals surface area contributed by atoms with Crippen LogP contribution in [0.3, 0.4) is 0 Å². The van der Waals surface area contributed by atoms with Crippen LogP contribution in [0, 0.1) is 17.6 Å². The molecule has 37 heavy (non-hydrogen) atoms. The molecule has 0 unspecified atom stereocenters. The molecule has 0 saturated heterocycles. The molecule has 1 aliphatic rings. The number of rotatable bonds is 8. The number of carbonyl (C=O) groups is 1. The fourth-order valence-electron chi connectivity index (χ4n) is 4.54. The van der Waals surface area contributed by atoms with E-state index in [-0.39, 0.29) is 35.2 Å². The number of nitrogens with one attached hydrogen (secondary N) is 1. The summed E-state index contributed by atoms with van der Waals surface area (Å²) < 4.78 is 41.2. The molecule has 0 atom stereocenters. The number of methoxy groups -OCH3 is 1. The van der Waals surface area contributed by atoms with Crippen LogP contribution in [0.4, 0.5) is 14.7 Å². The third-order valence-corrected chi connectivity index (χ3v) is 6.47. The van der Waals surface area contributed by atoms with Crippen molar-refractivity contribution in [3.05, 3.63) is 65.5 Å². The first-order chi connectivity index (χ1) is 17.9. The minimum atomic E-state index is -0.790. The number of anilines is 1. The van der Waals surface area contributed by atoms with Gasteiger partial charge in [0.2, 0.25) is 11.8 Å². The molecule has 9 nitrogen and oxygen atoms in total. The van der Waals surface area contributed by atoms with Crippen LogP contribution in [0.2, 0.25) is 0 Å². The van der Waals surface area contributed by atoms with E-state index < -0.39 is 17.5 Å². The highest BCUT2D eigenvalue weighted by Crippen LogP contribution is 2.29. The molecule has 3 N–H and O–H groups in total. The number of hydrogen-bond acceptors (Lipinski definition) is 7. The Morgan fingerprint density at radius 3 is 2.78 bits per heavy atom. The molecule has 1 fully saturated rings. The van der Waals surface area contributed by atoms with E-state index in [2.05, 4.69) is 20.4 Å². The van der Waals surface area contributed by atoms with Crippen molar-refractivity contribution in [3.8, 4) is 22.8 Å². The van der Waals surface area contributed by atoms with Gasteiger partial charge in [0.05, 0.1) is 13.7 Å². The molecule has 3 heterocycles. The van der Waals surface area contributed by atoms with Gasteiger partial charge in [-0.15, -0.1) is 5.10 Å². The van der Waals surface area contributed by atoms with E-state index in [0.717, 1.165) is 43.4 Å². The van der Waals surface area contributed by atoms with Crippen LogP contribution in [0.1, 0.15) is 41.6 Å². The Morgan fingerprint density at radius 2 is 2.00 bits per heavy atom. The predicted molar refractivity (Wildman–Crippen MR) is 132 cm³/mol. The molecule has 4 aromatic rings. The molecule has 5 rings (SSSR count). The zero-order valence-corrected chi connectivity index (χ0v) is 20.2. The summed E-state index contributed by atoms with van der Waals surface area (Å²) in [6.45, 7) is 0.176.